The van der Waals surface area contributed by atoms with Crippen LogP contribution in [0.4, 0.5) is 5.82 Å². The lowest BCUT2D eigenvalue weighted by molar-refractivity contribution is 0.691. The largest absolute Gasteiger partial charge is 0.383 e. The fraction of sp³-hybridized carbons (Fsp3) is 0.400. The van der Waals surface area contributed by atoms with E-state index in [1.54, 1.807) is 0 Å². The Kier molecular flexibility index (Phi) is 2.86. The van der Waals surface area contributed by atoms with Crippen molar-refractivity contribution in [2.75, 3.05) is 5.73 Å². The van der Waals surface area contributed by atoms with Crippen molar-refractivity contribution in [1.29, 1.82) is 0 Å². The molecule has 2 N–H and O–H groups in total. The Hall–Kier alpha value is -1.00. The summed E-state index contributed by atoms with van der Waals surface area (Å²) in [5, 5.41) is 0.711. The second-order valence-corrected chi connectivity index (χ2v) is 6.99. The molecule has 104 valence electrons. The second kappa shape index (κ2) is 4.50. The summed E-state index contributed by atoms with van der Waals surface area (Å²) in [6, 6.07) is 6.33. The van der Waals surface area contributed by atoms with Gasteiger partial charge in [0.1, 0.15) is 17.3 Å². The fourth-order valence-corrected chi connectivity index (χ4v) is 3.56. The molecular weight excluding hydrogens is 338 g/mol. The van der Waals surface area contributed by atoms with Gasteiger partial charge in [-0.1, -0.05) is 33.6 Å². The molecule has 0 spiro atoms. The molecule has 1 heterocycles. The number of nitrogen functional groups attached to an aromatic ring is 1. The van der Waals surface area contributed by atoms with Gasteiger partial charge in [0.25, 0.3) is 0 Å². The van der Waals surface area contributed by atoms with E-state index in [1.807, 2.05) is 18.2 Å². The molecule has 20 heavy (non-hydrogen) atoms. The van der Waals surface area contributed by atoms with Crippen LogP contribution < -0.4 is 5.73 Å². The van der Waals surface area contributed by atoms with E-state index in [2.05, 4.69) is 20.5 Å². The Bertz CT molecular complexity index is 687. The maximum Gasteiger partial charge on any atom is 0.132 e. The minimum absolute atomic E-state index is 0.568. The first-order chi connectivity index (χ1) is 9.65. The minimum atomic E-state index is 0.568. The lowest BCUT2D eigenvalue weighted by Gasteiger charge is -2.07. The lowest BCUT2D eigenvalue weighted by Crippen LogP contribution is -2.04. The molecule has 0 bridgehead atoms. The van der Waals surface area contributed by atoms with Crippen molar-refractivity contribution in [1.82, 2.24) is 9.55 Å². The van der Waals surface area contributed by atoms with Gasteiger partial charge in [-0.15, -0.1) is 0 Å². The number of hydrogen-bond donors (Lipinski definition) is 1. The monoisotopic (exact) mass is 351 g/mol. The van der Waals surface area contributed by atoms with Crippen molar-refractivity contribution < 1.29 is 0 Å². The second-order valence-electron chi connectivity index (χ2n) is 5.70. The first kappa shape index (κ1) is 12.7. The van der Waals surface area contributed by atoms with Crippen LogP contribution >= 0.6 is 27.5 Å². The molecule has 0 atom stereocenters. The Morgan fingerprint density at radius 1 is 1.25 bits per heavy atom. The maximum absolute atomic E-state index is 6.40. The van der Waals surface area contributed by atoms with E-state index in [-0.39, 0.29) is 0 Å². The number of imidazole rings is 1. The molecule has 2 saturated carbocycles. The maximum atomic E-state index is 6.40. The van der Waals surface area contributed by atoms with Gasteiger partial charge in [-0.2, -0.15) is 0 Å². The molecule has 0 radical (unpaired) electrons. The first-order valence-corrected chi connectivity index (χ1v) is 8.15. The summed E-state index contributed by atoms with van der Waals surface area (Å²) in [6.45, 7) is 0. The van der Waals surface area contributed by atoms with E-state index >= 15 is 0 Å². The van der Waals surface area contributed by atoms with Crippen LogP contribution in [0.5, 0.6) is 0 Å². The molecule has 2 aromatic rings. The average molecular weight is 353 g/mol. The van der Waals surface area contributed by atoms with Crippen molar-refractivity contribution in [2.45, 2.75) is 37.6 Å². The van der Waals surface area contributed by atoms with Gasteiger partial charge in [-0.3, -0.25) is 0 Å². The van der Waals surface area contributed by atoms with Crippen molar-refractivity contribution in [3.05, 3.63) is 33.5 Å². The molecular formula is C15H15BrClN3. The average Bonchev–Trinajstić information content (AvgIpc) is 3.29. The topological polar surface area (TPSA) is 43.8 Å². The number of halogens is 2. The summed E-state index contributed by atoms with van der Waals surface area (Å²) >= 11 is 9.58. The molecule has 0 amide bonds. The predicted octanol–water partition coefficient (Wildman–Crippen LogP) is 4.76. The zero-order chi connectivity index (χ0) is 13.9. The highest BCUT2D eigenvalue weighted by Crippen LogP contribution is 2.48. The number of hydrogen-bond acceptors (Lipinski definition) is 2. The quantitative estimate of drug-likeness (QED) is 0.865. The van der Waals surface area contributed by atoms with Crippen LogP contribution in [0, 0.1) is 0 Å². The smallest absolute Gasteiger partial charge is 0.132 e. The SMILES string of the molecule is Nc1c(-c2ccc(Cl)cc2Br)nc(C2CC2)n1C1CC1. The highest BCUT2D eigenvalue weighted by Gasteiger charge is 2.36. The Morgan fingerprint density at radius 2 is 2.00 bits per heavy atom. The van der Waals surface area contributed by atoms with Crippen molar-refractivity contribution in [2.24, 2.45) is 0 Å². The van der Waals surface area contributed by atoms with Crippen LogP contribution in [0.25, 0.3) is 11.3 Å². The summed E-state index contributed by atoms with van der Waals surface area (Å²) < 4.78 is 3.22. The van der Waals surface area contributed by atoms with Crippen LogP contribution in [0.3, 0.4) is 0 Å². The third-order valence-corrected chi connectivity index (χ3v) is 4.91. The number of anilines is 1. The molecule has 1 aromatic carbocycles. The van der Waals surface area contributed by atoms with Gasteiger partial charge >= 0.3 is 0 Å². The zero-order valence-electron chi connectivity index (χ0n) is 10.9. The van der Waals surface area contributed by atoms with Crippen molar-refractivity contribution in [3.8, 4) is 11.3 Å². The molecule has 3 nitrogen and oxygen atoms in total. The fourth-order valence-electron chi connectivity index (χ4n) is 2.69. The third kappa shape index (κ3) is 2.06. The van der Waals surface area contributed by atoms with Gasteiger partial charge < -0.3 is 10.3 Å². The predicted molar refractivity (Wildman–Crippen MR) is 85.0 cm³/mol. The van der Waals surface area contributed by atoms with Crippen molar-refractivity contribution in [3.63, 3.8) is 0 Å². The summed E-state index contributed by atoms with van der Waals surface area (Å²) in [6.07, 6.45) is 4.93. The van der Waals surface area contributed by atoms with Crippen LogP contribution in [0.15, 0.2) is 22.7 Å². The van der Waals surface area contributed by atoms with E-state index in [1.165, 1.54) is 31.5 Å². The van der Waals surface area contributed by atoms with Gasteiger partial charge in [-0.25, -0.2) is 4.98 Å². The van der Waals surface area contributed by atoms with Gasteiger partial charge in [0.05, 0.1) is 0 Å². The van der Waals surface area contributed by atoms with E-state index in [9.17, 15) is 0 Å². The Morgan fingerprint density at radius 3 is 2.60 bits per heavy atom. The minimum Gasteiger partial charge on any atom is -0.383 e. The molecule has 0 saturated heterocycles. The highest BCUT2D eigenvalue weighted by molar-refractivity contribution is 9.10. The Labute approximate surface area is 131 Å². The molecule has 4 rings (SSSR count). The first-order valence-electron chi connectivity index (χ1n) is 6.98. The molecule has 1 aromatic heterocycles. The highest BCUT2D eigenvalue weighted by atomic mass is 79.9. The molecule has 2 aliphatic rings. The van der Waals surface area contributed by atoms with Crippen LogP contribution in [0.1, 0.15) is 43.5 Å². The number of nitrogens with zero attached hydrogens (tertiary/aromatic N) is 2. The van der Waals surface area contributed by atoms with Gasteiger partial charge in [-0.05, 0) is 37.8 Å². The summed E-state index contributed by atoms with van der Waals surface area (Å²) in [7, 11) is 0. The number of nitrogens with two attached hydrogens (primary N) is 1. The van der Waals surface area contributed by atoms with E-state index in [0.717, 1.165) is 21.5 Å². The normalized spacial score (nSPS) is 18.5. The molecule has 2 fully saturated rings. The van der Waals surface area contributed by atoms with E-state index in [4.69, 9.17) is 22.3 Å². The standard InChI is InChI=1S/C15H15BrClN3/c16-12-7-9(17)3-6-11(12)13-14(18)20(10-4-5-10)15(19-13)8-1-2-8/h3,6-8,10H,1-2,4-5,18H2. The summed E-state index contributed by atoms with van der Waals surface area (Å²) in [5.41, 5.74) is 8.31. The van der Waals surface area contributed by atoms with Crippen LogP contribution in [-0.2, 0) is 0 Å². The van der Waals surface area contributed by atoms with Crippen LogP contribution in [-0.4, -0.2) is 9.55 Å². The summed E-state index contributed by atoms with van der Waals surface area (Å²) in [5.74, 6) is 2.59. The molecule has 0 unspecified atom stereocenters. The van der Waals surface area contributed by atoms with Crippen molar-refractivity contribution >= 4 is 33.3 Å². The zero-order valence-corrected chi connectivity index (χ0v) is 13.3. The third-order valence-electron chi connectivity index (χ3n) is 4.02. The number of rotatable bonds is 3. The van der Waals surface area contributed by atoms with Crippen LogP contribution in [0.2, 0.25) is 5.02 Å². The molecule has 5 heteroatoms. The molecule has 0 aliphatic heterocycles. The van der Waals surface area contributed by atoms with E-state index in [0.29, 0.717) is 17.0 Å². The van der Waals surface area contributed by atoms with Gasteiger partial charge in [0.15, 0.2) is 0 Å². The van der Waals surface area contributed by atoms with Gasteiger partial charge in [0.2, 0.25) is 0 Å². The summed E-state index contributed by atoms with van der Waals surface area (Å²) in [4.78, 5) is 4.86. The lowest BCUT2D eigenvalue weighted by atomic mass is 10.1. The number of aromatic nitrogens is 2. The molecule has 2 aliphatic carbocycles. The van der Waals surface area contributed by atoms with E-state index < -0.39 is 0 Å². The Balaban J connectivity index is 1.87. The number of benzene rings is 1. The van der Waals surface area contributed by atoms with Gasteiger partial charge in [0, 0.05) is 27.0 Å².